The Morgan fingerprint density at radius 3 is 2.04 bits per heavy atom. The first-order chi connectivity index (χ1) is 21.5. The predicted molar refractivity (Wildman–Crippen MR) is 178 cm³/mol. The molecule has 7 nitrogen and oxygen atoms in total. The molecule has 4 aromatic rings. The molecular formula is C35H38FN3O4S2. The Labute approximate surface area is 269 Å². The number of anilines is 1. The van der Waals surface area contributed by atoms with Crippen molar-refractivity contribution in [3.8, 4) is 0 Å². The molecule has 45 heavy (non-hydrogen) atoms. The summed E-state index contributed by atoms with van der Waals surface area (Å²) in [5.74, 6) is -1.38. The van der Waals surface area contributed by atoms with E-state index < -0.39 is 34.3 Å². The number of hydrogen-bond acceptors (Lipinski definition) is 5. The lowest BCUT2D eigenvalue weighted by molar-refractivity contribution is -0.140. The third-order valence-corrected chi connectivity index (χ3v) is 9.75. The highest BCUT2D eigenvalue weighted by molar-refractivity contribution is 7.98. The highest BCUT2D eigenvalue weighted by atomic mass is 32.2. The zero-order chi connectivity index (χ0) is 32.6. The summed E-state index contributed by atoms with van der Waals surface area (Å²) in [6, 6.07) is 27.2. The van der Waals surface area contributed by atoms with Gasteiger partial charge >= 0.3 is 0 Å². The van der Waals surface area contributed by atoms with E-state index in [-0.39, 0.29) is 29.8 Å². The van der Waals surface area contributed by atoms with Gasteiger partial charge in [-0.25, -0.2) is 12.8 Å². The zero-order valence-corrected chi connectivity index (χ0v) is 27.4. The van der Waals surface area contributed by atoms with Crippen molar-refractivity contribution >= 4 is 39.3 Å². The first-order valence-electron chi connectivity index (χ1n) is 14.6. The molecule has 2 amide bonds. The number of rotatable bonds is 13. The minimum atomic E-state index is -4.20. The Morgan fingerprint density at radius 2 is 1.47 bits per heavy atom. The van der Waals surface area contributed by atoms with Gasteiger partial charge in [-0.05, 0) is 86.7 Å². The summed E-state index contributed by atoms with van der Waals surface area (Å²) in [7, 11) is -4.20. The van der Waals surface area contributed by atoms with Gasteiger partial charge in [0, 0.05) is 23.9 Å². The smallest absolute Gasteiger partial charge is 0.264 e. The number of aryl methyl sites for hydroxylation is 1. The maximum atomic E-state index is 14.4. The van der Waals surface area contributed by atoms with Crippen molar-refractivity contribution in [3.05, 3.63) is 126 Å². The van der Waals surface area contributed by atoms with Gasteiger partial charge in [0.25, 0.3) is 10.0 Å². The second kappa shape index (κ2) is 15.2. The molecule has 1 atom stereocenters. The van der Waals surface area contributed by atoms with E-state index in [1.54, 1.807) is 48.5 Å². The molecule has 0 aliphatic carbocycles. The quantitative estimate of drug-likeness (QED) is 0.174. The summed E-state index contributed by atoms with van der Waals surface area (Å²) in [6.07, 6.45) is 2.09. The van der Waals surface area contributed by atoms with E-state index in [9.17, 15) is 22.4 Å². The SMILES string of the molecule is CSc1ccc(S(=O)(=O)N(CC(=O)N(Cc2ccc(F)cc2)C(Cc2ccccc2)C(=O)NC(C)C)c2ccc(C)cc2)cc1. The van der Waals surface area contributed by atoms with Crippen LogP contribution in [-0.4, -0.2) is 50.0 Å². The van der Waals surface area contributed by atoms with Crippen LogP contribution in [0.15, 0.2) is 113 Å². The van der Waals surface area contributed by atoms with Gasteiger partial charge in [-0.1, -0.05) is 60.2 Å². The van der Waals surface area contributed by atoms with Crippen molar-refractivity contribution in [1.82, 2.24) is 10.2 Å². The van der Waals surface area contributed by atoms with Crippen molar-refractivity contribution < 1.29 is 22.4 Å². The largest absolute Gasteiger partial charge is 0.352 e. The van der Waals surface area contributed by atoms with Crippen molar-refractivity contribution in [2.45, 2.75) is 55.6 Å². The van der Waals surface area contributed by atoms with E-state index in [0.29, 0.717) is 11.3 Å². The van der Waals surface area contributed by atoms with Gasteiger partial charge in [0.05, 0.1) is 10.6 Å². The van der Waals surface area contributed by atoms with Crippen LogP contribution in [0.4, 0.5) is 10.1 Å². The van der Waals surface area contributed by atoms with Crippen LogP contribution in [-0.2, 0) is 32.6 Å². The van der Waals surface area contributed by atoms with E-state index in [4.69, 9.17) is 0 Å². The van der Waals surface area contributed by atoms with Crippen LogP contribution >= 0.6 is 11.8 Å². The minimum absolute atomic E-state index is 0.0354. The molecule has 0 bridgehead atoms. The van der Waals surface area contributed by atoms with Crippen molar-refractivity contribution in [3.63, 3.8) is 0 Å². The van der Waals surface area contributed by atoms with Crippen LogP contribution in [0.5, 0.6) is 0 Å². The summed E-state index contributed by atoms with van der Waals surface area (Å²) in [5.41, 5.74) is 2.67. The van der Waals surface area contributed by atoms with Gasteiger partial charge in [0.15, 0.2) is 0 Å². The van der Waals surface area contributed by atoms with Crippen molar-refractivity contribution in [1.29, 1.82) is 0 Å². The molecule has 1 unspecified atom stereocenters. The van der Waals surface area contributed by atoms with Gasteiger partial charge in [-0.2, -0.15) is 0 Å². The minimum Gasteiger partial charge on any atom is -0.352 e. The number of sulfonamides is 1. The van der Waals surface area contributed by atoms with Crippen LogP contribution in [0.1, 0.15) is 30.5 Å². The van der Waals surface area contributed by atoms with Gasteiger partial charge < -0.3 is 10.2 Å². The number of thioether (sulfide) groups is 1. The maximum Gasteiger partial charge on any atom is 0.264 e. The number of carbonyl (C=O) groups excluding carboxylic acids is 2. The van der Waals surface area contributed by atoms with Crippen LogP contribution in [0, 0.1) is 12.7 Å². The second-order valence-electron chi connectivity index (χ2n) is 11.0. The van der Waals surface area contributed by atoms with Gasteiger partial charge in [0.2, 0.25) is 11.8 Å². The number of nitrogens with one attached hydrogen (secondary N) is 1. The molecule has 10 heteroatoms. The normalized spacial score (nSPS) is 12.0. The van der Waals surface area contributed by atoms with Crippen molar-refractivity contribution in [2.24, 2.45) is 0 Å². The number of carbonyl (C=O) groups is 2. The fourth-order valence-electron chi connectivity index (χ4n) is 4.84. The van der Waals surface area contributed by atoms with Crippen LogP contribution < -0.4 is 9.62 Å². The first-order valence-corrected chi connectivity index (χ1v) is 17.3. The van der Waals surface area contributed by atoms with Gasteiger partial charge in [-0.15, -0.1) is 11.8 Å². The Bertz CT molecular complexity index is 1680. The zero-order valence-electron chi connectivity index (χ0n) is 25.8. The Hall–Kier alpha value is -4.15. The highest BCUT2D eigenvalue weighted by Crippen LogP contribution is 2.27. The summed E-state index contributed by atoms with van der Waals surface area (Å²) in [6.45, 7) is 4.96. The molecule has 0 heterocycles. The lowest BCUT2D eigenvalue weighted by Crippen LogP contribution is -2.54. The molecule has 0 saturated carbocycles. The van der Waals surface area contributed by atoms with Crippen molar-refractivity contribution in [2.75, 3.05) is 17.1 Å². The maximum absolute atomic E-state index is 14.4. The Balaban J connectivity index is 1.79. The lowest BCUT2D eigenvalue weighted by Gasteiger charge is -2.34. The number of nitrogens with zero attached hydrogens (tertiary/aromatic N) is 2. The van der Waals surface area contributed by atoms with Crippen LogP contribution in [0.3, 0.4) is 0 Å². The summed E-state index contributed by atoms with van der Waals surface area (Å²) in [5, 5.41) is 2.92. The van der Waals surface area contributed by atoms with E-state index in [2.05, 4.69) is 5.32 Å². The summed E-state index contributed by atoms with van der Waals surface area (Å²) >= 11 is 1.49. The molecule has 4 aromatic carbocycles. The molecule has 236 valence electrons. The van der Waals surface area contributed by atoms with Crippen LogP contribution in [0.2, 0.25) is 0 Å². The lowest BCUT2D eigenvalue weighted by atomic mass is 10.0. The molecule has 0 spiro atoms. The number of benzene rings is 4. The van der Waals surface area contributed by atoms with E-state index in [1.807, 2.05) is 57.4 Å². The van der Waals surface area contributed by atoms with E-state index in [1.165, 1.54) is 40.9 Å². The Morgan fingerprint density at radius 1 is 0.844 bits per heavy atom. The molecule has 0 aromatic heterocycles. The Kier molecular flexibility index (Phi) is 11.4. The van der Waals surface area contributed by atoms with Gasteiger partial charge in [-0.3, -0.25) is 13.9 Å². The average molecular weight is 648 g/mol. The number of amides is 2. The highest BCUT2D eigenvalue weighted by Gasteiger charge is 2.34. The standard InChI is InChI=1S/C35H38FN3O4S2/c1-25(2)37-35(41)33(22-27-8-6-5-7-9-27)38(23-28-12-14-29(36)15-13-28)34(40)24-39(30-16-10-26(3)11-17-30)45(42,43)32-20-18-31(44-4)19-21-32/h5-21,25,33H,22-24H2,1-4H3,(H,37,41). The molecular weight excluding hydrogens is 610 g/mol. The second-order valence-corrected chi connectivity index (χ2v) is 13.8. The first kappa shape index (κ1) is 33.7. The predicted octanol–water partition coefficient (Wildman–Crippen LogP) is 6.22. The molecule has 0 aliphatic rings. The molecule has 4 rings (SSSR count). The van der Waals surface area contributed by atoms with E-state index >= 15 is 0 Å². The number of halogens is 1. The fourth-order valence-corrected chi connectivity index (χ4v) is 6.66. The molecule has 0 fully saturated rings. The molecule has 0 aliphatic heterocycles. The fraction of sp³-hybridized carbons (Fsp3) is 0.257. The average Bonchev–Trinajstić information content (AvgIpc) is 3.03. The number of hydrogen-bond donors (Lipinski definition) is 1. The molecule has 0 radical (unpaired) electrons. The third kappa shape index (κ3) is 8.95. The summed E-state index contributed by atoms with van der Waals surface area (Å²) < 4.78 is 43.2. The third-order valence-electron chi connectivity index (χ3n) is 7.22. The summed E-state index contributed by atoms with van der Waals surface area (Å²) in [4.78, 5) is 30.5. The molecule has 1 N–H and O–H groups in total. The monoisotopic (exact) mass is 647 g/mol. The molecule has 0 saturated heterocycles. The van der Waals surface area contributed by atoms with Crippen LogP contribution in [0.25, 0.3) is 0 Å². The van der Waals surface area contributed by atoms with E-state index in [0.717, 1.165) is 20.3 Å². The topological polar surface area (TPSA) is 86.8 Å². The van der Waals surface area contributed by atoms with Gasteiger partial charge in [0.1, 0.15) is 18.4 Å².